The van der Waals surface area contributed by atoms with Crippen molar-refractivity contribution in [1.82, 2.24) is 5.32 Å². The topological polar surface area (TPSA) is 38.3 Å². The van der Waals surface area contributed by atoms with E-state index in [9.17, 15) is 4.79 Å². The second-order valence-electron chi connectivity index (χ2n) is 4.13. The van der Waals surface area contributed by atoms with Gasteiger partial charge in [-0.2, -0.15) is 0 Å². The highest BCUT2D eigenvalue weighted by Gasteiger charge is 2.13. The van der Waals surface area contributed by atoms with Gasteiger partial charge in [0, 0.05) is 21.9 Å². The molecule has 0 saturated heterocycles. The molecule has 0 aliphatic carbocycles. The van der Waals surface area contributed by atoms with Gasteiger partial charge in [-0.3, -0.25) is 10.1 Å². The van der Waals surface area contributed by atoms with Crippen molar-refractivity contribution in [1.29, 1.82) is 0 Å². The Hall–Kier alpha value is -1.17. The third kappa shape index (κ3) is 3.89. The molecule has 0 aliphatic heterocycles. The summed E-state index contributed by atoms with van der Waals surface area (Å²) in [5, 5.41) is 7.41. The predicted molar refractivity (Wildman–Crippen MR) is 80.6 cm³/mol. The molecule has 0 amide bonds. The highest BCUT2D eigenvalue weighted by Crippen LogP contribution is 2.29. The van der Waals surface area contributed by atoms with Gasteiger partial charge in [0.05, 0.1) is 6.61 Å². The molecule has 3 nitrogen and oxygen atoms in total. The molecule has 2 rings (SSSR count). The zero-order valence-corrected chi connectivity index (χ0v) is 12.6. The standard InChI is InChI=1S/C14H17NO2S2/c1-3-17-14(16)10(2)15-8-12-7-11(9-19-12)13-5-4-6-18-13/h4-7,9-10,15H,3,8H2,1-2H3. The van der Waals surface area contributed by atoms with Crippen LogP contribution in [0.1, 0.15) is 18.7 Å². The summed E-state index contributed by atoms with van der Waals surface area (Å²) >= 11 is 3.44. The fraction of sp³-hybridized carbons (Fsp3) is 0.357. The maximum Gasteiger partial charge on any atom is 0.322 e. The molecular weight excluding hydrogens is 278 g/mol. The molecule has 2 aromatic rings. The van der Waals surface area contributed by atoms with Crippen LogP contribution in [0.4, 0.5) is 0 Å². The maximum absolute atomic E-state index is 11.5. The lowest BCUT2D eigenvalue weighted by Crippen LogP contribution is -2.34. The summed E-state index contributed by atoms with van der Waals surface area (Å²) in [7, 11) is 0. The van der Waals surface area contributed by atoms with Crippen molar-refractivity contribution < 1.29 is 9.53 Å². The molecule has 0 aliphatic rings. The van der Waals surface area contributed by atoms with Gasteiger partial charge >= 0.3 is 5.97 Å². The Morgan fingerprint density at radius 3 is 3.00 bits per heavy atom. The van der Waals surface area contributed by atoms with Gasteiger partial charge in [0.1, 0.15) is 6.04 Å². The molecule has 2 aromatic heterocycles. The molecule has 5 heteroatoms. The average Bonchev–Trinajstić information content (AvgIpc) is 3.06. The molecule has 0 radical (unpaired) electrons. The zero-order valence-electron chi connectivity index (χ0n) is 11.0. The Kier molecular flexibility index (Phi) is 5.13. The Bertz CT molecular complexity index is 519. The highest BCUT2D eigenvalue weighted by atomic mass is 32.1. The lowest BCUT2D eigenvalue weighted by Gasteiger charge is -2.11. The number of nitrogens with one attached hydrogen (secondary N) is 1. The fourth-order valence-corrected chi connectivity index (χ4v) is 3.27. The molecule has 1 atom stereocenters. The van der Waals surface area contributed by atoms with E-state index in [4.69, 9.17) is 4.74 Å². The van der Waals surface area contributed by atoms with E-state index >= 15 is 0 Å². The van der Waals surface area contributed by atoms with Crippen molar-refractivity contribution in [3.8, 4) is 10.4 Å². The Morgan fingerprint density at radius 1 is 1.47 bits per heavy atom. The third-order valence-corrected chi connectivity index (χ3v) is 4.54. The van der Waals surface area contributed by atoms with Gasteiger partial charge in [-0.15, -0.1) is 22.7 Å². The van der Waals surface area contributed by atoms with Crippen LogP contribution in [0.3, 0.4) is 0 Å². The zero-order chi connectivity index (χ0) is 13.7. The van der Waals surface area contributed by atoms with E-state index < -0.39 is 0 Å². The van der Waals surface area contributed by atoms with Crippen LogP contribution in [0.25, 0.3) is 10.4 Å². The van der Waals surface area contributed by atoms with Gasteiger partial charge in [-0.1, -0.05) is 6.07 Å². The van der Waals surface area contributed by atoms with Crippen LogP contribution in [0, 0.1) is 0 Å². The molecule has 102 valence electrons. The first-order valence-electron chi connectivity index (χ1n) is 6.22. The Balaban J connectivity index is 1.89. The van der Waals surface area contributed by atoms with Crippen molar-refractivity contribution in [3.05, 3.63) is 33.8 Å². The van der Waals surface area contributed by atoms with Gasteiger partial charge in [-0.25, -0.2) is 0 Å². The maximum atomic E-state index is 11.5. The second-order valence-corrected chi connectivity index (χ2v) is 6.08. The fourth-order valence-electron chi connectivity index (χ4n) is 1.65. The van der Waals surface area contributed by atoms with Gasteiger partial charge in [0.15, 0.2) is 0 Å². The van der Waals surface area contributed by atoms with Crippen molar-refractivity contribution in [3.63, 3.8) is 0 Å². The minimum Gasteiger partial charge on any atom is -0.465 e. The number of ether oxygens (including phenoxy) is 1. The van der Waals surface area contributed by atoms with Gasteiger partial charge in [0.25, 0.3) is 0 Å². The summed E-state index contributed by atoms with van der Waals surface area (Å²) in [6.45, 7) is 4.76. The lowest BCUT2D eigenvalue weighted by molar-refractivity contribution is -0.145. The normalized spacial score (nSPS) is 12.3. The van der Waals surface area contributed by atoms with E-state index in [0.29, 0.717) is 13.2 Å². The lowest BCUT2D eigenvalue weighted by atomic mass is 10.2. The number of carbonyl (C=O) groups is 1. The molecule has 0 aromatic carbocycles. The summed E-state index contributed by atoms with van der Waals surface area (Å²) in [4.78, 5) is 14.0. The van der Waals surface area contributed by atoms with Crippen LogP contribution in [0.5, 0.6) is 0 Å². The van der Waals surface area contributed by atoms with Gasteiger partial charge in [0.2, 0.25) is 0 Å². The first-order valence-corrected chi connectivity index (χ1v) is 7.98. The van der Waals surface area contributed by atoms with Gasteiger partial charge < -0.3 is 4.74 Å². The number of esters is 1. The first kappa shape index (κ1) is 14.2. The quantitative estimate of drug-likeness (QED) is 0.829. The highest BCUT2D eigenvalue weighted by molar-refractivity contribution is 7.14. The van der Waals surface area contributed by atoms with E-state index in [0.717, 1.165) is 0 Å². The molecular formula is C14H17NO2S2. The molecule has 1 unspecified atom stereocenters. The minimum atomic E-state index is -0.271. The average molecular weight is 295 g/mol. The summed E-state index contributed by atoms with van der Waals surface area (Å²) < 4.78 is 4.96. The second kappa shape index (κ2) is 6.84. The smallest absolute Gasteiger partial charge is 0.322 e. The van der Waals surface area contributed by atoms with Crippen LogP contribution in [0.15, 0.2) is 29.0 Å². The summed E-state index contributed by atoms with van der Waals surface area (Å²) in [6.07, 6.45) is 0. The predicted octanol–water partition coefficient (Wildman–Crippen LogP) is 3.52. The third-order valence-electron chi connectivity index (χ3n) is 2.68. The molecule has 0 fully saturated rings. The largest absolute Gasteiger partial charge is 0.465 e. The minimum absolute atomic E-state index is 0.197. The summed E-state index contributed by atoms with van der Waals surface area (Å²) in [5.41, 5.74) is 1.25. The summed E-state index contributed by atoms with van der Waals surface area (Å²) in [6, 6.07) is 6.07. The van der Waals surface area contributed by atoms with E-state index in [1.807, 2.05) is 13.8 Å². The van der Waals surface area contributed by atoms with Gasteiger partial charge in [-0.05, 0) is 36.7 Å². The number of hydrogen-bond acceptors (Lipinski definition) is 5. The van der Waals surface area contributed by atoms with E-state index in [1.165, 1.54) is 15.3 Å². The van der Waals surface area contributed by atoms with Crippen LogP contribution >= 0.6 is 22.7 Å². The van der Waals surface area contributed by atoms with Crippen LogP contribution in [-0.2, 0) is 16.1 Å². The molecule has 19 heavy (non-hydrogen) atoms. The molecule has 0 spiro atoms. The van der Waals surface area contributed by atoms with Crippen molar-refractivity contribution >= 4 is 28.6 Å². The molecule has 0 bridgehead atoms. The molecule has 1 N–H and O–H groups in total. The van der Waals surface area contributed by atoms with Crippen molar-refractivity contribution in [2.75, 3.05) is 6.61 Å². The first-order chi connectivity index (χ1) is 9.20. The summed E-state index contributed by atoms with van der Waals surface area (Å²) in [5.74, 6) is -0.197. The van der Waals surface area contributed by atoms with Crippen LogP contribution < -0.4 is 5.32 Å². The van der Waals surface area contributed by atoms with Crippen LogP contribution in [-0.4, -0.2) is 18.6 Å². The Labute approximate surface area is 121 Å². The number of hydrogen-bond donors (Lipinski definition) is 1. The number of thiophene rings is 2. The van der Waals surface area contributed by atoms with Crippen molar-refractivity contribution in [2.45, 2.75) is 26.4 Å². The molecule has 0 saturated carbocycles. The van der Waals surface area contributed by atoms with E-state index in [2.05, 4.69) is 34.3 Å². The SMILES string of the molecule is CCOC(=O)C(C)NCc1cc(-c2cccs2)cs1. The Morgan fingerprint density at radius 2 is 2.32 bits per heavy atom. The van der Waals surface area contributed by atoms with E-state index in [-0.39, 0.29) is 12.0 Å². The molecule has 2 heterocycles. The van der Waals surface area contributed by atoms with E-state index in [1.54, 1.807) is 22.7 Å². The van der Waals surface area contributed by atoms with Crippen molar-refractivity contribution in [2.24, 2.45) is 0 Å². The van der Waals surface area contributed by atoms with Crippen LogP contribution in [0.2, 0.25) is 0 Å². The monoisotopic (exact) mass is 295 g/mol. The number of rotatable bonds is 6. The number of carbonyl (C=O) groups excluding carboxylic acids is 1.